The molecule has 106 valence electrons. The van der Waals surface area contributed by atoms with Crippen molar-refractivity contribution in [3.8, 4) is 0 Å². The van der Waals surface area contributed by atoms with Crippen LogP contribution in [0.1, 0.15) is 45.4 Å². The first kappa shape index (κ1) is 12.9. The topological polar surface area (TPSA) is 40.6 Å². The number of hydrogen-bond acceptors (Lipinski definition) is 2. The molecule has 3 atom stereocenters. The zero-order valence-electron chi connectivity index (χ0n) is 11.8. The van der Waals surface area contributed by atoms with E-state index in [2.05, 4.69) is 16.7 Å². The number of piperidine rings is 3. The fraction of sp³-hybridized carbons (Fsp3) is 0.867. The Balaban J connectivity index is 1.72. The summed E-state index contributed by atoms with van der Waals surface area (Å²) >= 11 is 0. The van der Waals surface area contributed by atoms with Crippen LogP contribution < -0.4 is 0 Å². The molecular weight excluding hydrogens is 240 g/mol. The van der Waals surface area contributed by atoms with E-state index in [4.69, 9.17) is 0 Å². The molecular formula is C15H24N2O2. The largest absolute Gasteiger partial charge is 0.342 e. The summed E-state index contributed by atoms with van der Waals surface area (Å²) in [7, 11) is 0. The average Bonchev–Trinajstić information content (AvgIpc) is 2.40. The molecule has 3 aliphatic heterocycles. The average molecular weight is 264 g/mol. The molecule has 3 aliphatic rings. The Morgan fingerprint density at radius 2 is 2.16 bits per heavy atom. The fourth-order valence-electron chi connectivity index (χ4n) is 4.19. The van der Waals surface area contributed by atoms with Crippen molar-refractivity contribution >= 4 is 11.8 Å². The van der Waals surface area contributed by atoms with Gasteiger partial charge in [-0.2, -0.15) is 0 Å². The lowest BCUT2D eigenvalue weighted by Gasteiger charge is -2.52. The van der Waals surface area contributed by atoms with Crippen molar-refractivity contribution in [1.29, 1.82) is 0 Å². The van der Waals surface area contributed by atoms with Gasteiger partial charge in [-0.15, -0.1) is 0 Å². The van der Waals surface area contributed by atoms with Crippen LogP contribution in [0, 0.1) is 11.8 Å². The molecule has 2 bridgehead atoms. The van der Waals surface area contributed by atoms with Gasteiger partial charge >= 0.3 is 0 Å². The van der Waals surface area contributed by atoms with Crippen LogP contribution in [-0.4, -0.2) is 47.3 Å². The third-order valence-corrected chi connectivity index (χ3v) is 5.00. The summed E-state index contributed by atoms with van der Waals surface area (Å²) in [6.45, 7) is 4.69. The molecule has 3 saturated heterocycles. The Morgan fingerprint density at radius 1 is 1.32 bits per heavy atom. The van der Waals surface area contributed by atoms with E-state index >= 15 is 0 Å². The molecule has 3 rings (SSSR count). The highest BCUT2D eigenvalue weighted by Crippen LogP contribution is 2.37. The van der Waals surface area contributed by atoms with Gasteiger partial charge in [0, 0.05) is 38.5 Å². The van der Waals surface area contributed by atoms with Gasteiger partial charge in [0.2, 0.25) is 11.8 Å². The molecule has 0 aliphatic carbocycles. The van der Waals surface area contributed by atoms with E-state index in [1.165, 1.54) is 6.42 Å². The van der Waals surface area contributed by atoms with E-state index in [0.717, 1.165) is 45.3 Å². The van der Waals surface area contributed by atoms with E-state index in [0.29, 0.717) is 36.1 Å². The second-order valence-electron chi connectivity index (χ2n) is 6.42. The van der Waals surface area contributed by atoms with Gasteiger partial charge in [-0.3, -0.25) is 9.59 Å². The summed E-state index contributed by atoms with van der Waals surface area (Å²) in [5.74, 6) is 1.70. The van der Waals surface area contributed by atoms with E-state index in [1.807, 2.05) is 0 Å². The summed E-state index contributed by atoms with van der Waals surface area (Å²) in [5, 5.41) is 0. The summed E-state index contributed by atoms with van der Waals surface area (Å²) in [6, 6.07) is 0.412. The van der Waals surface area contributed by atoms with Crippen LogP contribution in [0.2, 0.25) is 0 Å². The van der Waals surface area contributed by atoms with Crippen LogP contribution in [0.3, 0.4) is 0 Å². The molecule has 0 saturated carbocycles. The van der Waals surface area contributed by atoms with Gasteiger partial charge in [0.05, 0.1) is 0 Å². The number of carbonyl (C=O) groups is 2. The third kappa shape index (κ3) is 2.37. The lowest BCUT2D eigenvalue weighted by Crippen LogP contribution is -2.61. The lowest BCUT2D eigenvalue weighted by atomic mass is 9.76. The van der Waals surface area contributed by atoms with E-state index < -0.39 is 0 Å². The van der Waals surface area contributed by atoms with Crippen molar-refractivity contribution in [1.82, 2.24) is 9.80 Å². The summed E-state index contributed by atoms with van der Waals surface area (Å²) < 4.78 is 0. The van der Waals surface area contributed by atoms with Crippen LogP contribution in [0.5, 0.6) is 0 Å². The first-order valence-electron chi connectivity index (χ1n) is 7.76. The van der Waals surface area contributed by atoms with Crippen LogP contribution in [-0.2, 0) is 9.59 Å². The number of hydrogen-bond donors (Lipinski definition) is 0. The number of carbonyl (C=O) groups excluding carboxylic acids is 2. The molecule has 2 unspecified atom stereocenters. The van der Waals surface area contributed by atoms with Gasteiger partial charge in [-0.05, 0) is 37.5 Å². The highest BCUT2D eigenvalue weighted by molar-refractivity contribution is 5.78. The van der Waals surface area contributed by atoms with E-state index in [9.17, 15) is 9.59 Å². The van der Waals surface area contributed by atoms with Gasteiger partial charge in [0.15, 0.2) is 0 Å². The van der Waals surface area contributed by atoms with Crippen molar-refractivity contribution in [2.24, 2.45) is 11.8 Å². The van der Waals surface area contributed by atoms with Gasteiger partial charge in [-0.1, -0.05) is 6.92 Å². The number of amides is 2. The van der Waals surface area contributed by atoms with Crippen LogP contribution in [0.4, 0.5) is 0 Å². The predicted molar refractivity (Wildman–Crippen MR) is 72.4 cm³/mol. The first-order valence-corrected chi connectivity index (χ1v) is 7.76. The van der Waals surface area contributed by atoms with Gasteiger partial charge in [-0.25, -0.2) is 0 Å². The summed E-state index contributed by atoms with van der Waals surface area (Å²) in [4.78, 5) is 28.3. The predicted octanol–water partition coefficient (Wildman–Crippen LogP) is 1.65. The second-order valence-corrected chi connectivity index (χ2v) is 6.42. The molecule has 0 spiro atoms. The Hall–Kier alpha value is -1.06. The van der Waals surface area contributed by atoms with Crippen molar-refractivity contribution in [2.45, 2.75) is 51.5 Å². The van der Waals surface area contributed by atoms with E-state index in [-0.39, 0.29) is 0 Å². The van der Waals surface area contributed by atoms with Crippen LogP contribution in [0.25, 0.3) is 0 Å². The molecule has 0 radical (unpaired) electrons. The third-order valence-electron chi connectivity index (χ3n) is 5.00. The molecule has 3 fully saturated rings. The smallest absolute Gasteiger partial charge is 0.222 e. The quantitative estimate of drug-likeness (QED) is 0.761. The Bertz CT molecular complexity index is 382. The highest BCUT2D eigenvalue weighted by atomic mass is 16.2. The number of fused-ring (bicyclic) bond motifs is 4. The Morgan fingerprint density at radius 3 is 2.95 bits per heavy atom. The van der Waals surface area contributed by atoms with Gasteiger partial charge in [0.25, 0.3) is 0 Å². The second kappa shape index (κ2) is 5.14. The maximum atomic E-state index is 12.1. The minimum Gasteiger partial charge on any atom is -0.342 e. The SMILES string of the molecule is CCCC(=O)N1CC2CC(C1)[C@H]1CCCC(=O)N1C2. The minimum absolute atomic E-state index is 0.313. The maximum Gasteiger partial charge on any atom is 0.222 e. The van der Waals surface area contributed by atoms with Crippen molar-refractivity contribution < 1.29 is 9.59 Å². The number of likely N-dealkylation sites (tertiary alicyclic amines) is 1. The Kier molecular flexibility index (Phi) is 3.50. The molecule has 0 N–H and O–H groups in total. The fourth-order valence-corrected chi connectivity index (χ4v) is 4.19. The monoisotopic (exact) mass is 264 g/mol. The van der Waals surface area contributed by atoms with Crippen LogP contribution in [0.15, 0.2) is 0 Å². The summed E-state index contributed by atoms with van der Waals surface area (Å²) in [5.41, 5.74) is 0. The van der Waals surface area contributed by atoms with Gasteiger partial charge < -0.3 is 9.80 Å². The zero-order chi connectivity index (χ0) is 13.4. The van der Waals surface area contributed by atoms with Crippen LogP contribution >= 0.6 is 0 Å². The van der Waals surface area contributed by atoms with E-state index in [1.54, 1.807) is 0 Å². The molecule has 4 heteroatoms. The lowest BCUT2D eigenvalue weighted by molar-refractivity contribution is -0.148. The highest BCUT2D eigenvalue weighted by Gasteiger charge is 2.44. The van der Waals surface area contributed by atoms with Crippen molar-refractivity contribution in [3.63, 3.8) is 0 Å². The maximum absolute atomic E-state index is 12.1. The minimum atomic E-state index is 0.313. The zero-order valence-corrected chi connectivity index (χ0v) is 11.8. The molecule has 19 heavy (non-hydrogen) atoms. The van der Waals surface area contributed by atoms with Crippen molar-refractivity contribution in [3.05, 3.63) is 0 Å². The molecule has 0 aromatic carbocycles. The number of nitrogens with zero attached hydrogens (tertiary/aromatic N) is 2. The van der Waals surface area contributed by atoms with Crippen molar-refractivity contribution in [2.75, 3.05) is 19.6 Å². The first-order chi connectivity index (χ1) is 9.19. The molecule has 0 aromatic rings. The molecule has 0 aromatic heterocycles. The molecule has 2 amide bonds. The normalized spacial score (nSPS) is 34.2. The van der Waals surface area contributed by atoms with Gasteiger partial charge in [0.1, 0.15) is 0 Å². The summed E-state index contributed by atoms with van der Waals surface area (Å²) in [6.07, 6.45) is 5.72. The standard InChI is InChI=1S/C15H24N2O2/c1-2-4-14(18)16-8-11-7-12(10-16)13-5-3-6-15(19)17(13)9-11/h11-13H,2-10H2,1H3/t11?,12?,13-/m1/s1. The Labute approximate surface area is 115 Å². The molecule has 3 heterocycles. The number of rotatable bonds is 2. The molecule has 4 nitrogen and oxygen atoms in total.